The fraction of sp³-hybridized carbons (Fsp3) is 0.294. The molecule has 7 heteroatoms. The van der Waals surface area contributed by atoms with E-state index in [-0.39, 0.29) is 11.5 Å². The fourth-order valence-corrected chi connectivity index (χ4v) is 5.89. The lowest BCUT2D eigenvalue weighted by atomic mass is 9.98. The number of benzene rings is 4. The molecular weight excluding hydrogens is 553 g/mol. The van der Waals surface area contributed by atoms with Crippen molar-refractivity contribution in [3.8, 4) is 0 Å². The van der Waals surface area contributed by atoms with Gasteiger partial charge in [-0.15, -0.1) is 11.7 Å². The van der Waals surface area contributed by atoms with Gasteiger partial charge in [0, 0.05) is 0 Å². The largest absolute Gasteiger partial charge is 0.374 e. The van der Waals surface area contributed by atoms with Crippen molar-refractivity contribution in [3.05, 3.63) is 144 Å². The molecule has 5 rings (SSSR count). The molecule has 1 fully saturated rings. The summed E-state index contributed by atoms with van der Waals surface area (Å²) in [5.41, 5.74) is 3.95. The van der Waals surface area contributed by atoms with E-state index in [0.717, 1.165) is 22.3 Å². The van der Waals surface area contributed by atoms with Gasteiger partial charge in [-0.3, -0.25) is 0 Å². The van der Waals surface area contributed by atoms with Crippen molar-refractivity contribution < 1.29 is 23.7 Å². The third-order valence-electron chi connectivity index (χ3n) is 6.94. The van der Waals surface area contributed by atoms with Crippen molar-refractivity contribution in [2.45, 2.75) is 56.3 Å². The standard InChI is InChI=1S/C34H36O5S2/c40-41-34-33(38-24-29-19-11-4-12-20-29)32(37-23-28-17-9-3-10-18-28)31(36-22-27-15-7-2-8-16-27)30(39-34)25-35-21-26-13-5-1-6-14-26/h1-20,30-34,40H,21-25H2. The van der Waals surface area contributed by atoms with Crippen LogP contribution in [0.4, 0.5) is 0 Å². The molecule has 41 heavy (non-hydrogen) atoms. The quantitative estimate of drug-likeness (QED) is 0.124. The SMILES string of the molecule is SSC1OC(COCc2ccccc2)C(OCc2ccccc2)C(OCc2ccccc2)C1OCc1ccccc1. The number of rotatable bonds is 14. The predicted molar refractivity (Wildman–Crippen MR) is 166 cm³/mol. The Labute approximate surface area is 251 Å². The molecule has 4 aromatic rings. The summed E-state index contributed by atoms with van der Waals surface area (Å²) in [6.07, 6.45) is -1.67. The molecule has 1 aliphatic heterocycles. The topological polar surface area (TPSA) is 46.2 Å². The highest BCUT2D eigenvalue weighted by molar-refractivity contribution is 8.68. The molecule has 0 bridgehead atoms. The normalized spacial score (nSPS) is 22.4. The zero-order valence-corrected chi connectivity index (χ0v) is 24.6. The highest BCUT2D eigenvalue weighted by Crippen LogP contribution is 2.36. The van der Waals surface area contributed by atoms with Crippen LogP contribution in [0, 0.1) is 0 Å². The molecule has 1 aliphatic rings. The van der Waals surface area contributed by atoms with E-state index in [4.69, 9.17) is 23.7 Å². The molecule has 214 valence electrons. The molecule has 0 aromatic heterocycles. The summed E-state index contributed by atoms with van der Waals surface area (Å²) in [7, 11) is 1.32. The molecule has 5 atom stereocenters. The van der Waals surface area contributed by atoms with Crippen LogP contribution in [0.5, 0.6) is 0 Å². The number of hydrogen-bond acceptors (Lipinski definition) is 7. The average Bonchev–Trinajstić information content (AvgIpc) is 3.04. The molecule has 5 nitrogen and oxygen atoms in total. The summed E-state index contributed by atoms with van der Waals surface area (Å²) in [5, 5.41) is 0. The van der Waals surface area contributed by atoms with Crippen LogP contribution in [0.1, 0.15) is 22.3 Å². The van der Waals surface area contributed by atoms with Gasteiger partial charge in [0.05, 0.1) is 33.0 Å². The summed E-state index contributed by atoms with van der Waals surface area (Å²) in [6, 6.07) is 40.5. The Hall–Kier alpha value is -2.62. The molecule has 1 heterocycles. The molecule has 0 N–H and O–H groups in total. The van der Waals surface area contributed by atoms with E-state index >= 15 is 0 Å². The summed E-state index contributed by atoms with van der Waals surface area (Å²) in [5.74, 6) is 0. The first-order valence-corrected chi connectivity index (χ1v) is 15.8. The number of hydrogen-bond donors (Lipinski definition) is 1. The van der Waals surface area contributed by atoms with Crippen molar-refractivity contribution in [2.24, 2.45) is 0 Å². The first-order chi connectivity index (χ1) is 20.3. The predicted octanol–water partition coefficient (Wildman–Crippen LogP) is 7.26. The van der Waals surface area contributed by atoms with E-state index in [0.29, 0.717) is 33.0 Å². The second-order valence-electron chi connectivity index (χ2n) is 9.93. The maximum atomic E-state index is 6.67. The molecular formula is C34H36O5S2. The van der Waals surface area contributed by atoms with E-state index in [1.807, 2.05) is 72.8 Å². The van der Waals surface area contributed by atoms with Crippen LogP contribution in [0.15, 0.2) is 121 Å². The van der Waals surface area contributed by atoms with Gasteiger partial charge in [0.25, 0.3) is 0 Å². The van der Waals surface area contributed by atoms with E-state index in [1.54, 1.807) is 0 Å². The molecule has 0 radical (unpaired) electrons. The Kier molecular flexibility index (Phi) is 11.7. The first kappa shape index (κ1) is 29.9. The maximum Gasteiger partial charge on any atom is 0.142 e. The van der Waals surface area contributed by atoms with Crippen LogP contribution in [-0.4, -0.2) is 36.5 Å². The summed E-state index contributed by atoms with van der Waals surface area (Å²) >= 11 is 4.58. The highest BCUT2D eigenvalue weighted by atomic mass is 33.1. The lowest BCUT2D eigenvalue weighted by Crippen LogP contribution is -2.60. The molecule has 0 amide bonds. The molecule has 0 aliphatic carbocycles. The minimum Gasteiger partial charge on any atom is -0.374 e. The lowest BCUT2D eigenvalue weighted by Gasteiger charge is -2.45. The van der Waals surface area contributed by atoms with Gasteiger partial charge >= 0.3 is 0 Å². The highest BCUT2D eigenvalue weighted by Gasteiger charge is 2.48. The van der Waals surface area contributed by atoms with E-state index < -0.39 is 18.3 Å². The zero-order chi connectivity index (χ0) is 28.1. The summed E-state index contributed by atoms with van der Waals surface area (Å²) in [4.78, 5) is 0. The minimum atomic E-state index is -0.438. The van der Waals surface area contributed by atoms with Crippen molar-refractivity contribution in [3.63, 3.8) is 0 Å². The van der Waals surface area contributed by atoms with Crippen LogP contribution in [0.25, 0.3) is 0 Å². The average molecular weight is 589 g/mol. The Morgan fingerprint density at radius 1 is 0.512 bits per heavy atom. The zero-order valence-electron chi connectivity index (χ0n) is 22.9. The molecule has 5 unspecified atom stereocenters. The van der Waals surface area contributed by atoms with Crippen LogP contribution in [0.2, 0.25) is 0 Å². The molecule has 0 spiro atoms. The van der Waals surface area contributed by atoms with Crippen molar-refractivity contribution in [1.82, 2.24) is 0 Å². The Bertz CT molecular complexity index is 1260. The summed E-state index contributed by atoms with van der Waals surface area (Å²) in [6.45, 7) is 2.08. The van der Waals surface area contributed by atoms with Gasteiger partial charge in [-0.1, -0.05) is 132 Å². The Morgan fingerprint density at radius 3 is 1.34 bits per heavy atom. The van der Waals surface area contributed by atoms with Gasteiger partial charge in [-0.05, 0) is 22.3 Å². The van der Waals surface area contributed by atoms with Gasteiger partial charge < -0.3 is 23.7 Å². The van der Waals surface area contributed by atoms with E-state index in [9.17, 15) is 0 Å². The van der Waals surface area contributed by atoms with Crippen molar-refractivity contribution >= 4 is 22.5 Å². The van der Waals surface area contributed by atoms with E-state index in [2.05, 4.69) is 60.2 Å². The fourth-order valence-electron chi connectivity index (χ4n) is 4.83. The van der Waals surface area contributed by atoms with Gasteiger partial charge in [0.2, 0.25) is 0 Å². The van der Waals surface area contributed by atoms with Gasteiger partial charge in [-0.2, -0.15) is 0 Å². The minimum absolute atomic E-state index is 0.343. The van der Waals surface area contributed by atoms with Crippen molar-refractivity contribution in [1.29, 1.82) is 0 Å². The van der Waals surface area contributed by atoms with Crippen LogP contribution < -0.4 is 0 Å². The molecule has 0 saturated carbocycles. The second kappa shape index (κ2) is 16.1. The Morgan fingerprint density at radius 2 is 0.902 bits per heavy atom. The van der Waals surface area contributed by atoms with Gasteiger partial charge in [0.1, 0.15) is 29.9 Å². The molecule has 1 saturated heterocycles. The van der Waals surface area contributed by atoms with Gasteiger partial charge in [0.15, 0.2) is 0 Å². The van der Waals surface area contributed by atoms with Crippen molar-refractivity contribution in [2.75, 3.05) is 6.61 Å². The van der Waals surface area contributed by atoms with Gasteiger partial charge in [-0.25, -0.2) is 0 Å². The third kappa shape index (κ3) is 8.93. The summed E-state index contributed by atoms with van der Waals surface area (Å²) < 4.78 is 32.6. The number of ether oxygens (including phenoxy) is 5. The second-order valence-corrected chi connectivity index (χ2v) is 11.2. The lowest BCUT2D eigenvalue weighted by molar-refractivity contribution is -0.254. The number of thiol groups is 1. The van der Waals surface area contributed by atoms with E-state index in [1.165, 1.54) is 10.8 Å². The van der Waals surface area contributed by atoms with Crippen LogP contribution in [-0.2, 0) is 50.1 Å². The van der Waals surface area contributed by atoms with Crippen LogP contribution in [0.3, 0.4) is 0 Å². The smallest absolute Gasteiger partial charge is 0.142 e. The Balaban J connectivity index is 1.38. The first-order valence-electron chi connectivity index (χ1n) is 13.8. The third-order valence-corrected chi connectivity index (χ3v) is 8.16. The van der Waals surface area contributed by atoms with Crippen LogP contribution >= 0.6 is 22.5 Å². The monoisotopic (exact) mass is 588 g/mol. The maximum absolute atomic E-state index is 6.67. The molecule has 4 aromatic carbocycles.